The Balaban J connectivity index is 1.83. The minimum absolute atomic E-state index is 0.0682. The van der Waals surface area contributed by atoms with Gasteiger partial charge >= 0.3 is 0 Å². The van der Waals surface area contributed by atoms with Crippen molar-refractivity contribution in [2.24, 2.45) is 7.05 Å². The minimum atomic E-state index is 0.0682. The monoisotopic (exact) mass is 323 g/mol. The largest absolute Gasteiger partial charge is 0.335 e. The summed E-state index contributed by atoms with van der Waals surface area (Å²) in [6.45, 7) is 2.76. The first-order chi connectivity index (χ1) is 10.1. The number of hydrogen-bond donors (Lipinski definition) is 0. The molecule has 1 saturated heterocycles. The second-order valence-electron chi connectivity index (χ2n) is 5.41. The maximum atomic E-state index is 12.6. The number of carbonyl (C=O) groups excluding carboxylic acids is 1. The maximum absolute atomic E-state index is 12.6. The smallest absolute Gasteiger partial charge is 0.228 e. The number of nitrogens with zero attached hydrogens (tertiary/aromatic N) is 3. The van der Waals surface area contributed by atoms with Crippen molar-refractivity contribution in [3.05, 3.63) is 38.8 Å². The van der Waals surface area contributed by atoms with Gasteiger partial charge in [0.2, 0.25) is 5.91 Å². The molecule has 1 aliphatic heterocycles. The van der Waals surface area contributed by atoms with Crippen molar-refractivity contribution in [2.75, 3.05) is 6.54 Å². The number of thiophene rings is 1. The Bertz CT molecular complexity index is 650. The van der Waals surface area contributed by atoms with Crippen LogP contribution in [0.25, 0.3) is 0 Å². The molecule has 0 aliphatic carbocycles. The van der Waals surface area contributed by atoms with E-state index in [0.29, 0.717) is 11.6 Å². The third kappa shape index (κ3) is 2.72. The number of amides is 1. The van der Waals surface area contributed by atoms with E-state index in [1.54, 1.807) is 16.0 Å². The van der Waals surface area contributed by atoms with Crippen LogP contribution >= 0.6 is 22.9 Å². The van der Waals surface area contributed by atoms with E-state index in [0.717, 1.165) is 35.5 Å². The van der Waals surface area contributed by atoms with Gasteiger partial charge in [-0.05, 0) is 31.2 Å². The summed E-state index contributed by atoms with van der Waals surface area (Å²) in [6.07, 6.45) is 2.46. The third-order valence-corrected chi connectivity index (χ3v) is 5.33. The van der Waals surface area contributed by atoms with Gasteiger partial charge in [-0.2, -0.15) is 5.10 Å². The molecule has 0 bridgehead atoms. The topological polar surface area (TPSA) is 38.1 Å². The third-order valence-electron chi connectivity index (χ3n) is 4.01. The van der Waals surface area contributed by atoms with Gasteiger partial charge in [0.25, 0.3) is 0 Å². The van der Waals surface area contributed by atoms with E-state index in [9.17, 15) is 4.79 Å². The Morgan fingerprint density at radius 3 is 3.00 bits per heavy atom. The molecule has 0 spiro atoms. The van der Waals surface area contributed by atoms with Gasteiger partial charge in [0.15, 0.2) is 0 Å². The van der Waals surface area contributed by atoms with Crippen LogP contribution in [0.5, 0.6) is 0 Å². The quantitative estimate of drug-likeness (QED) is 0.868. The van der Waals surface area contributed by atoms with Crippen LogP contribution in [0.1, 0.15) is 35.0 Å². The van der Waals surface area contributed by atoms with E-state index >= 15 is 0 Å². The SMILES string of the molecule is Cc1nn(C)c(Cl)c1C1CCCN1C(=O)Cc1cccs1. The standard InChI is InChI=1S/C15H18ClN3OS/c1-10-14(15(16)18(2)17-10)12-6-3-7-19(12)13(20)9-11-5-4-8-21-11/h4-5,8,12H,3,6-7,9H2,1-2H3. The lowest BCUT2D eigenvalue weighted by atomic mass is 10.1. The van der Waals surface area contributed by atoms with Gasteiger partial charge in [-0.15, -0.1) is 11.3 Å². The van der Waals surface area contributed by atoms with Crippen LogP contribution in [-0.2, 0) is 18.3 Å². The highest BCUT2D eigenvalue weighted by Crippen LogP contribution is 2.37. The predicted octanol–water partition coefficient (Wildman–Crippen LogP) is 3.35. The van der Waals surface area contributed by atoms with E-state index in [1.165, 1.54) is 0 Å². The molecule has 1 amide bonds. The molecule has 0 aromatic carbocycles. The highest BCUT2D eigenvalue weighted by atomic mass is 35.5. The molecule has 3 rings (SSSR count). The lowest BCUT2D eigenvalue weighted by Crippen LogP contribution is -2.32. The molecule has 6 heteroatoms. The van der Waals surface area contributed by atoms with E-state index < -0.39 is 0 Å². The lowest BCUT2D eigenvalue weighted by molar-refractivity contribution is -0.131. The zero-order valence-corrected chi connectivity index (χ0v) is 13.7. The molecule has 0 saturated carbocycles. The Morgan fingerprint density at radius 2 is 2.38 bits per heavy atom. The fourth-order valence-corrected chi connectivity index (χ4v) is 4.05. The molecule has 21 heavy (non-hydrogen) atoms. The number of hydrogen-bond acceptors (Lipinski definition) is 3. The van der Waals surface area contributed by atoms with Crippen molar-refractivity contribution in [1.29, 1.82) is 0 Å². The first-order valence-electron chi connectivity index (χ1n) is 7.08. The van der Waals surface area contributed by atoms with Crippen molar-refractivity contribution < 1.29 is 4.79 Å². The number of likely N-dealkylation sites (tertiary alicyclic amines) is 1. The molecule has 3 heterocycles. The molecule has 2 aromatic rings. The molecular formula is C15H18ClN3OS. The van der Waals surface area contributed by atoms with Gasteiger partial charge in [0.05, 0.1) is 18.2 Å². The fourth-order valence-electron chi connectivity index (χ4n) is 3.05. The summed E-state index contributed by atoms with van der Waals surface area (Å²) in [7, 11) is 1.84. The van der Waals surface area contributed by atoms with E-state index in [2.05, 4.69) is 5.10 Å². The van der Waals surface area contributed by atoms with Gasteiger partial charge < -0.3 is 4.90 Å². The number of aromatic nitrogens is 2. The molecule has 0 radical (unpaired) electrons. The Labute approximate surface area is 133 Å². The van der Waals surface area contributed by atoms with Gasteiger partial charge in [0.1, 0.15) is 5.15 Å². The molecular weight excluding hydrogens is 306 g/mol. The van der Waals surface area contributed by atoms with E-state index in [4.69, 9.17) is 11.6 Å². The van der Waals surface area contributed by atoms with Crippen molar-refractivity contribution >= 4 is 28.8 Å². The maximum Gasteiger partial charge on any atom is 0.228 e. The van der Waals surface area contributed by atoms with E-state index in [1.807, 2.05) is 36.4 Å². The summed E-state index contributed by atoms with van der Waals surface area (Å²) in [5.41, 5.74) is 1.93. The molecule has 112 valence electrons. The van der Waals surface area contributed by atoms with Gasteiger partial charge in [-0.1, -0.05) is 17.7 Å². The summed E-state index contributed by atoms with van der Waals surface area (Å²) in [5.74, 6) is 0.180. The molecule has 0 N–H and O–H groups in total. The fraction of sp³-hybridized carbons (Fsp3) is 0.467. The zero-order chi connectivity index (χ0) is 15.0. The Kier molecular flexibility index (Phi) is 4.04. The molecule has 1 atom stereocenters. The van der Waals surface area contributed by atoms with Crippen LogP contribution in [0.4, 0.5) is 0 Å². The first kappa shape index (κ1) is 14.6. The predicted molar refractivity (Wildman–Crippen MR) is 84.7 cm³/mol. The lowest BCUT2D eigenvalue weighted by Gasteiger charge is -2.25. The second kappa shape index (κ2) is 5.81. The highest BCUT2D eigenvalue weighted by molar-refractivity contribution is 7.10. The van der Waals surface area contributed by atoms with Crippen molar-refractivity contribution in [2.45, 2.75) is 32.2 Å². The summed E-state index contributed by atoms with van der Waals surface area (Å²) in [4.78, 5) is 15.7. The van der Waals surface area contributed by atoms with Crippen molar-refractivity contribution in [3.63, 3.8) is 0 Å². The van der Waals surface area contributed by atoms with Crippen LogP contribution in [0.15, 0.2) is 17.5 Å². The molecule has 1 fully saturated rings. The van der Waals surface area contributed by atoms with Gasteiger partial charge in [-0.3, -0.25) is 9.48 Å². The molecule has 2 aromatic heterocycles. The summed E-state index contributed by atoms with van der Waals surface area (Å²) < 4.78 is 1.69. The van der Waals surface area contributed by atoms with E-state index in [-0.39, 0.29) is 11.9 Å². The second-order valence-corrected chi connectivity index (χ2v) is 6.81. The van der Waals surface area contributed by atoms with Gasteiger partial charge in [0, 0.05) is 24.0 Å². The van der Waals surface area contributed by atoms with Crippen LogP contribution in [0.3, 0.4) is 0 Å². The first-order valence-corrected chi connectivity index (χ1v) is 8.34. The number of halogens is 1. The van der Waals surface area contributed by atoms with Crippen molar-refractivity contribution in [1.82, 2.24) is 14.7 Å². The number of aryl methyl sites for hydroxylation is 2. The van der Waals surface area contributed by atoms with Crippen LogP contribution in [0, 0.1) is 6.92 Å². The van der Waals surface area contributed by atoms with Crippen LogP contribution < -0.4 is 0 Å². The summed E-state index contributed by atoms with van der Waals surface area (Å²) in [5, 5.41) is 7.03. The van der Waals surface area contributed by atoms with Crippen LogP contribution in [0.2, 0.25) is 5.15 Å². The summed E-state index contributed by atoms with van der Waals surface area (Å²) >= 11 is 8.00. The van der Waals surface area contributed by atoms with Crippen molar-refractivity contribution in [3.8, 4) is 0 Å². The Morgan fingerprint density at radius 1 is 1.57 bits per heavy atom. The van der Waals surface area contributed by atoms with Gasteiger partial charge in [-0.25, -0.2) is 0 Å². The molecule has 1 unspecified atom stereocenters. The number of rotatable bonds is 3. The Hall–Kier alpha value is -1.33. The minimum Gasteiger partial charge on any atom is -0.335 e. The normalized spacial score (nSPS) is 18.4. The highest BCUT2D eigenvalue weighted by Gasteiger charge is 2.33. The van der Waals surface area contributed by atoms with Crippen LogP contribution in [-0.4, -0.2) is 27.1 Å². The number of carbonyl (C=O) groups is 1. The summed E-state index contributed by atoms with van der Waals surface area (Å²) in [6, 6.07) is 4.06. The molecule has 1 aliphatic rings. The average molecular weight is 324 g/mol. The molecule has 4 nitrogen and oxygen atoms in total. The average Bonchev–Trinajstić information content (AvgIpc) is 3.13. The zero-order valence-electron chi connectivity index (χ0n) is 12.2.